The van der Waals surface area contributed by atoms with E-state index in [1.807, 2.05) is 24.4 Å². The highest BCUT2D eigenvalue weighted by molar-refractivity contribution is 5.92. The normalized spacial score (nSPS) is 17.3. The number of aromatic amines is 2. The third-order valence-corrected chi connectivity index (χ3v) is 5.31. The van der Waals surface area contributed by atoms with Crippen molar-refractivity contribution in [2.75, 3.05) is 32.1 Å². The van der Waals surface area contributed by atoms with Gasteiger partial charge in [0, 0.05) is 31.7 Å². The van der Waals surface area contributed by atoms with Crippen molar-refractivity contribution in [3.63, 3.8) is 0 Å². The first-order chi connectivity index (χ1) is 14.2. The molecular formula is C21H26N6O2. The average molecular weight is 394 g/mol. The molecule has 0 saturated carbocycles. The molecule has 152 valence electrons. The van der Waals surface area contributed by atoms with Gasteiger partial charge in [-0.05, 0) is 24.9 Å². The number of rotatable bonds is 7. The van der Waals surface area contributed by atoms with Gasteiger partial charge in [-0.1, -0.05) is 30.3 Å². The summed E-state index contributed by atoms with van der Waals surface area (Å²) in [5, 5.41) is 17.5. The average Bonchev–Trinajstić information content (AvgIpc) is 3.38. The molecule has 1 amide bonds. The van der Waals surface area contributed by atoms with Crippen LogP contribution in [0.25, 0.3) is 11.3 Å². The van der Waals surface area contributed by atoms with Gasteiger partial charge >= 0.3 is 0 Å². The molecule has 0 bridgehead atoms. The maximum Gasteiger partial charge on any atom is 0.250 e. The van der Waals surface area contributed by atoms with Crippen LogP contribution in [0.2, 0.25) is 0 Å². The van der Waals surface area contributed by atoms with Gasteiger partial charge in [-0.2, -0.15) is 10.2 Å². The van der Waals surface area contributed by atoms with Crippen molar-refractivity contribution in [2.24, 2.45) is 0 Å². The lowest BCUT2D eigenvalue weighted by molar-refractivity contribution is -0.119. The Labute approximate surface area is 169 Å². The van der Waals surface area contributed by atoms with E-state index in [-0.39, 0.29) is 18.4 Å². The lowest BCUT2D eigenvalue weighted by Gasteiger charge is -2.32. The standard InChI is InChI=1S/C21H26N6O2/c1-29-14-19(28)24-18-11-23-26-21(18)16-8-5-9-27(12-16)13-17-10-22-25-20(17)15-6-3-2-4-7-15/h2-4,6-7,10-11,16H,5,8-9,12-14H2,1H3,(H,22,25)(H,23,26)(H,24,28). The van der Waals surface area contributed by atoms with Gasteiger partial charge in [0.1, 0.15) is 6.61 Å². The summed E-state index contributed by atoms with van der Waals surface area (Å²) < 4.78 is 4.90. The first kappa shape index (κ1) is 19.4. The van der Waals surface area contributed by atoms with E-state index in [1.165, 1.54) is 12.7 Å². The lowest BCUT2D eigenvalue weighted by Crippen LogP contribution is -2.34. The maximum absolute atomic E-state index is 11.9. The van der Waals surface area contributed by atoms with E-state index in [0.717, 1.165) is 55.1 Å². The van der Waals surface area contributed by atoms with Gasteiger partial charge in [-0.15, -0.1) is 0 Å². The van der Waals surface area contributed by atoms with Crippen LogP contribution < -0.4 is 5.32 Å². The SMILES string of the molecule is COCC(=O)Nc1cn[nH]c1C1CCCN(Cc2cn[nH]c2-c2ccccc2)C1. The second kappa shape index (κ2) is 9.02. The summed E-state index contributed by atoms with van der Waals surface area (Å²) in [5.41, 5.74) is 5.13. The Kier molecular flexibility index (Phi) is 6.02. The van der Waals surface area contributed by atoms with Gasteiger partial charge in [-0.3, -0.25) is 19.9 Å². The molecule has 1 aromatic carbocycles. The Balaban J connectivity index is 1.45. The number of hydrogen-bond donors (Lipinski definition) is 3. The monoisotopic (exact) mass is 394 g/mol. The quantitative estimate of drug-likeness (QED) is 0.572. The number of anilines is 1. The zero-order valence-corrected chi connectivity index (χ0v) is 16.5. The van der Waals surface area contributed by atoms with Crippen LogP contribution in [0, 0.1) is 0 Å². The van der Waals surface area contributed by atoms with Crippen LogP contribution in [0.15, 0.2) is 42.7 Å². The molecule has 8 nitrogen and oxygen atoms in total. The number of H-pyrrole nitrogens is 2. The summed E-state index contributed by atoms with van der Waals surface area (Å²) >= 11 is 0. The van der Waals surface area contributed by atoms with Crippen molar-refractivity contribution in [1.82, 2.24) is 25.3 Å². The number of amides is 1. The van der Waals surface area contributed by atoms with Crippen molar-refractivity contribution in [1.29, 1.82) is 0 Å². The fraction of sp³-hybridized carbons (Fsp3) is 0.381. The summed E-state index contributed by atoms with van der Waals surface area (Å²) in [6, 6.07) is 10.3. The van der Waals surface area contributed by atoms with Crippen LogP contribution in [0.5, 0.6) is 0 Å². The van der Waals surface area contributed by atoms with E-state index in [9.17, 15) is 4.79 Å². The van der Waals surface area contributed by atoms with E-state index >= 15 is 0 Å². The molecule has 0 aliphatic carbocycles. The van der Waals surface area contributed by atoms with Crippen LogP contribution in [0.1, 0.15) is 30.0 Å². The first-order valence-electron chi connectivity index (χ1n) is 9.86. The Morgan fingerprint density at radius 2 is 2.07 bits per heavy atom. The van der Waals surface area contributed by atoms with E-state index < -0.39 is 0 Å². The highest BCUT2D eigenvalue weighted by atomic mass is 16.5. The Hall–Kier alpha value is -2.97. The first-order valence-corrected chi connectivity index (χ1v) is 9.86. The second-order valence-corrected chi connectivity index (χ2v) is 7.39. The minimum atomic E-state index is -0.172. The number of hydrogen-bond acceptors (Lipinski definition) is 5. The predicted octanol–water partition coefficient (Wildman–Crippen LogP) is 2.76. The fourth-order valence-corrected chi connectivity index (χ4v) is 3.99. The number of ether oxygens (including phenoxy) is 1. The van der Waals surface area contributed by atoms with E-state index in [4.69, 9.17) is 4.74 Å². The molecule has 1 saturated heterocycles. The molecule has 29 heavy (non-hydrogen) atoms. The number of piperidine rings is 1. The van der Waals surface area contributed by atoms with Gasteiger partial charge in [-0.25, -0.2) is 0 Å². The predicted molar refractivity (Wildman–Crippen MR) is 110 cm³/mol. The molecule has 1 unspecified atom stereocenters. The van der Waals surface area contributed by atoms with Crippen molar-refractivity contribution >= 4 is 11.6 Å². The topological polar surface area (TPSA) is 98.9 Å². The molecule has 3 aromatic rings. The van der Waals surface area contributed by atoms with Crippen molar-refractivity contribution < 1.29 is 9.53 Å². The van der Waals surface area contributed by atoms with E-state index in [2.05, 4.69) is 42.7 Å². The molecule has 3 heterocycles. The van der Waals surface area contributed by atoms with Crippen LogP contribution in [0.3, 0.4) is 0 Å². The lowest BCUT2D eigenvalue weighted by atomic mass is 9.93. The van der Waals surface area contributed by atoms with Crippen LogP contribution >= 0.6 is 0 Å². The molecule has 1 atom stereocenters. The van der Waals surface area contributed by atoms with Gasteiger partial charge in [0.25, 0.3) is 0 Å². The van der Waals surface area contributed by atoms with Gasteiger partial charge in [0.05, 0.1) is 29.5 Å². The number of nitrogens with one attached hydrogen (secondary N) is 3. The molecule has 0 spiro atoms. The van der Waals surface area contributed by atoms with Crippen LogP contribution in [0.4, 0.5) is 5.69 Å². The van der Waals surface area contributed by atoms with Crippen LogP contribution in [-0.2, 0) is 16.1 Å². The smallest absolute Gasteiger partial charge is 0.250 e. The van der Waals surface area contributed by atoms with Crippen molar-refractivity contribution in [3.8, 4) is 11.3 Å². The zero-order chi connectivity index (χ0) is 20.1. The van der Waals surface area contributed by atoms with Crippen LogP contribution in [-0.4, -0.2) is 58.0 Å². The summed E-state index contributed by atoms with van der Waals surface area (Å²) in [4.78, 5) is 14.3. The summed E-state index contributed by atoms with van der Waals surface area (Å²) in [6.45, 7) is 2.80. The third kappa shape index (κ3) is 4.55. The van der Waals surface area contributed by atoms with Crippen molar-refractivity contribution in [2.45, 2.75) is 25.3 Å². The Morgan fingerprint density at radius 3 is 2.90 bits per heavy atom. The summed E-state index contributed by atoms with van der Waals surface area (Å²) in [6.07, 6.45) is 5.74. The molecule has 1 aliphatic heterocycles. The largest absolute Gasteiger partial charge is 0.375 e. The molecule has 0 radical (unpaired) electrons. The third-order valence-electron chi connectivity index (χ3n) is 5.31. The minimum Gasteiger partial charge on any atom is -0.375 e. The molecule has 1 aliphatic rings. The number of aromatic nitrogens is 4. The number of methoxy groups -OCH3 is 1. The molecule has 4 rings (SSSR count). The minimum absolute atomic E-state index is 0.0319. The number of carbonyl (C=O) groups excluding carboxylic acids is 1. The summed E-state index contributed by atoms with van der Waals surface area (Å²) in [5.74, 6) is 0.116. The van der Waals surface area contributed by atoms with Gasteiger partial charge in [0.2, 0.25) is 5.91 Å². The Bertz CT molecular complexity index is 936. The summed E-state index contributed by atoms with van der Waals surface area (Å²) in [7, 11) is 1.51. The molecule has 3 N–H and O–H groups in total. The molecule has 8 heteroatoms. The van der Waals surface area contributed by atoms with E-state index in [1.54, 1.807) is 6.20 Å². The van der Waals surface area contributed by atoms with Gasteiger partial charge in [0.15, 0.2) is 0 Å². The fourth-order valence-electron chi connectivity index (χ4n) is 3.99. The highest BCUT2D eigenvalue weighted by Crippen LogP contribution is 2.32. The van der Waals surface area contributed by atoms with Gasteiger partial charge < -0.3 is 10.1 Å². The maximum atomic E-state index is 11.9. The number of benzene rings is 1. The number of likely N-dealkylation sites (tertiary alicyclic amines) is 1. The second-order valence-electron chi connectivity index (χ2n) is 7.39. The van der Waals surface area contributed by atoms with E-state index in [0.29, 0.717) is 0 Å². The highest BCUT2D eigenvalue weighted by Gasteiger charge is 2.26. The van der Waals surface area contributed by atoms with Crippen molar-refractivity contribution in [3.05, 3.63) is 54.0 Å². The number of nitrogens with zero attached hydrogens (tertiary/aromatic N) is 3. The molecular weight excluding hydrogens is 368 g/mol. The molecule has 1 fully saturated rings. The zero-order valence-electron chi connectivity index (χ0n) is 16.5. The number of carbonyl (C=O) groups is 1. The Morgan fingerprint density at radius 1 is 1.24 bits per heavy atom. The molecule has 2 aromatic heterocycles.